The van der Waals surface area contributed by atoms with Crippen LogP contribution in [0.2, 0.25) is 0 Å². The molecule has 208 valence electrons. The van der Waals surface area contributed by atoms with Gasteiger partial charge < -0.3 is 14.0 Å². The van der Waals surface area contributed by atoms with Crippen LogP contribution in [0.3, 0.4) is 0 Å². The van der Waals surface area contributed by atoms with E-state index in [-0.39, 0.29) is 16.5 Å². The monoisotopic (exact) mass is 592 g/mol. The summed E-state index contributed by atoms with van der Waals surface area (Å²) >= 11 is 0. The topological polar surface area (TPSA) is 92.7 Å². The molecule has 0 aliphatic rings. The van der Waals surface area contributed by atoms with Crippen molar-refractivity contribution in [2.24, 2.45) is 0 Å². The summed E-state index contributed by atoms with van der Waals surface area (Å²) < 4.78 is 68.8. The normalized spacial score (nSPS) is 11.9. The molecule has 0 heterocycles. The molecule has 0 N–H and O–H groups in total. The summed E-state index contributed by atoms with van der Waals surface area (Å²) in [4.78, 5) is 15.7. The van der Waals surface area contributed by atoms with Gasteiger partial charge in [0, 0.05) is 0 Å². The van der Waals surface area contributed by atoms with E-state index in [0.29, 0.717) is 22.3 Å². The third-order valence-corrected chi connectivity index (χ3v) is 9.12. The molecule has 0 saturated carbocycles. The molecule has 0 unspecified atom stereocenters. The van der Waals surface area contributed by atoms with Gasteiger partial charge in [-0.1, -0.05) is 48.5 Å². The molecule has 6 nitrogen and oxygen atoms in total. The quantitative estimate of drug-likeness (QED) is 0.104. The van der Waals surface area contributed by atoms with Crippen LogP contribution in [-0.2, 0) is 25.7 Å². The number of hydrogen-bond acceptors (Lipinski definition) is 6. The maximum absolute atomic E-state index is 13.3. The van der Waals surface area contributed by atoms with Crippen LogP contribution in [0.25, 0.3) is 10.8 Å². The Labute approximate surface area is 238 Å². The Morgan fingerprint density at radius 2 is 1.22 bits per heavy atom. The summed E-state index contributed by atoms with van der Waals surface area (Å²) in [6, 6.07) is 38.0. The molecule has 5 aromatic carbocycles. The number of fused-ring (bicyclic) bond motifs is 1. The fourth-order valence-corrected chi connectivity index (χ4v) is 6.31. The molecule has 41 heavy (non-hydrogen) atoms. The van der Waals surface area contributed by atoms with Crippen molar-refractivity contribution < 1.29 is 36.0 Å². The van der Waals surface area contributed by atoms with Gasteiger partial charge in [-0.2, -0.15) is 8.78 Å². The number of hydrogen-bond donors (Lipinski definition) is 0. The van der Waals surface area contributed by atoms with E-state index in [1.807, 2.05) is 60.7 Å². The van der Waals surface area contributed by atoms with Gasteiger partial charge in [0.15, 0.2) is 31.4 Å². The second-order valence-electron chi connectivity index (χ2n) is 8.90. The van der Waals surface area contributed by atoms with Crippen molar-refractivity contribution >= 4 is 37.8 Å². The maximum atomic E-state index is 13.3. The first-order valence-electron chi connectivity index (χ1n) is 12.3. The molecule has 0 radical (unpaired) electrons. The van der Waals surface area contributed by atoms with Crippen LogP contribution in [-0.4, -0.2) is 30.8 Å². The van der Waals surface area contributed by atoms with Crippen molar-refractivity contribution in [3.63, 3.8) is 0 Å². The van der Waals surface area contributed by atoms with Crippen LogP contribution >= 0.6 is 0 Å². The molecule has 5 rings (SSSR count). The molecule has 0 spiro atoms. The maximum Gasteiger partial charge on any atom is 0.367 e. The Kier molecular flexibility index (Phi) is 8.07. The van der Waals surface area contributed by atoms with E-state index in [2.05, 4.69) is 29.0 Å². The van der Waals surface area contributed by atoms with Crippen molar-refractivity contribution in [1.29, 1.82) is 0 Å². The van der Waals surface area contributed by atoms with Crippen LogP contribution < -0.4 is 4.74 Å². The van der Waals surface area contributed by atoms with E-state index < -0.39 is 27.9 Å². The van der Waals surface area contributed by atoms with Gasteiger partial charge in [0.2, 0.25) is 0 Å². The van der Waals surface area contributed by atoms with E-state index in [0.717, 1.165) is 4.90 Å². The highest BCUT2D eigenvalue weighted by Crippen LogP contribution is 2.33. The lowest BCUT2D eigenvalue weighted by Gasteiger charge is -2.19. The summed E-state index contributed by atoms with van der Waals surface area (Å²) in [6.07, 6.45) is 0. The van der Waals surface area contributed by atoms with Gasteiger partial charge >= 0.3 is 11.2 Å². The Balaban J connectivity index is 1.31. The fraction of sp³-hybridized carbons (Fsp3) is 0.0645. The van der Waals surface area contributed by atoms with Gasteiger partial charge in [0.05, 0.1) is 16.5 Å². The zero-order chi connectivity index (χ0) is 29.0. The van der Waals surface area contributed by atoms with Crippen molar-refractivity contribution in [3.05, 3.63) is 127 Å². The SMILES string of the molecule is O=C(OCC(F)(F)S(=O)(=O)[O-])c1ccc2cc(Oc3ccc([S+](c4ccccc4)c4ccccc4)cc3)ccc2c1. The van der Waals surface area contributed by atoms with Gasteiger partial charge in [-0.25, -0.2) is 13.2 Å². The predicted octanol–water partition coefficient (Wildman–Crippen LogP) is 7.02. The first kappa shape index (κ1) is 28.3. The molecular weight excluding hydrogens is 570 g/mol. The summed E-state index contributed by atoms with van der Waals surface area (Å²) in [5.41, 5.74) is -0.0759. The third-order valence-electron chi connectivity index (χ3n) is 6.04. The van der Waals surface area contributed by atoms with Gasteiger partial charge in [0.1, 0.15) is 11.5 Å². The van der Waals surface area contributed by atoms with Crippen LogP contribution in [0.4, 0.5) is 8.78 Å². The molecular formula is C31H22F2O6S2. The Bertz CT molecular complexity index is 1740. The van der Waals surface area contributed by atoms with Crippen molar-refractivity contribution in [2.45, 2.75) is 19.9 Å². The van der Waals surface area contributed by atoms with Crippen molar-refractivity contribution in [1.82, 2.24) is 0 Å². The minimum atomic E-state index is -5.95. The number of rotatable bonds is 9. The molecule has 0 bridgehead atoms. The first-order valence-corrected chi connectivity index (χ1v) is 14.9. The highest BCUT2D eigenvalue weighted by atomic mass is 32.2. The van der Waals surface area contributed by atoms with E-state index >= 15 is 0 Å². The number of benzene rings is 5. The first-order chi connectivity index (χ1) is 19.6. The highest BCUT2D eigenvalue weighted by molar-refractivity contribution is 7.97. The van der Waals surface area contributed by atoms with Gasteiger partial charge in [-0.05, 0) is 83.6 Å². The molecule has 0 amide bonds. The lowest BCUT2D eigenvalue weighted by Crippen LogP contribution is -2.34. The van der Waals surface area contributed by atoms with Crippen LogP contribution in [0, 0.1) is 0 Å². The number of alkyl halides is 2. The molecule has 0 saturated heterocycles. The van der Waals surface area contributed by atoms with Crippen molar-refractivity contribution in [2.75, 3.05) is 6.61 Å². The average molecular weight is 593 g/mol. The van der Waals surface area contributed by atoms with E-state index in [1.54, 1.807) is 24.3 Å². The standard InChI is InChI=1S/C31H22F2O6S2/c32-31(33,41(35,36)37)21-38-30(34)24-12-11-23-20-26(14-13-22(23)19-24)39-25-15-17-29(18-16-25)40(27-7-3-1-4-8-27)28-9-5-2-6-10-28/h1-20H,21H2. The molecule has 0 fully saturated rings. The zero-order valence-electron chi connectivity index (χ0n) is 21.3. The van der Waals surface area contributed by atoms with Crippen LogP contribution in [0.15, 0.2) is 136 Å². The second kappa shape index (κ2) is 11.7. The molecule has 0 atom stereocenters. The van der Waals surface area contributed by atoms with Crippen molar-refractivity contribution in [3.8, 4) is 11.5 Å². The van der Waals surface area contributed by atoms with E-state index in [1.165, 1.54) is 21.9 Å². The summed E-state index contributed by atoms with van der Waals surface area (Å²) in [6.45, 7) is -1.86. The van der Waals surface area contributed by atoms with E-state index in [4.69, 9.17) is 4.74 Å². The molecule has 0 aliphatic carbocycles. The molecule has 0 aromatic heterocycles. The zero-order valence-corrected chi connectivity index (χ0v) is 22.9. The summed E-state index contributed by atoms with van der Waals surface area (Å²) in [7, 11) is -6.24. The number of esters is 1. The Morgan fingerprint density at radius 1 is 0.707 bits per heavy atom. The van der Waals surface area contributed by atoms with E-state index in [9.17, 15) is 26.5 Å². The van der Waals surface area contributed by atoms with Gasteiger partial charge in [-0.15, -0.1) is 0 Å². The lowest BCUT2D eigenvalue weighted by atomic mass is 10.1. The number of carbonyl (C=O) groups is 1. The molecule has 10 heteroatoms. The van der Waals surface area contributed by atoms with Gasteiger partial charge in [-0.3, -0.25) is 0 Å². The average Bonchev–Trinajstić information content (AvgIpc) is 2.97. The molecule has 0 aliphatic heterocycles. The molecule has 5 aromatic rings. The predicted molar refractivity (Wildman–Crippen MR) is 150 cm³/mol. The van der Waals surface area contributed by atoms with Crippen LogP contribution in [0.1, 0.15) is 10.4 Å². The van der Waals surface area contributed by atoms with Gasteiger partial charge in [0.25, 0.3) is 0 Å². The number of halogens is 2. The fourth-order valence-electron chi connectivity index (χ4n) is 4.02. The minimum absolute atomic E-state index is 0.0759. The summed E-state index contributed by atoms with van der Waals surface area (Å²) in [5.74, 6) is -0.00104. The number of ether oxygens (including phenoxy) is 2. The smallest absolute Gasteiger partial charge is 0.367 e. The van der Waals surface area contributed by atoms with Crippen LogP contribution in [0.5, 0.6) is 11.5 Å². The number of carbonyl (C=O) groups excluding carboxylic acids is 1. The lowest BCUT2D eigenvalue weighted by molar-refractivity contribution is -0.00995. The Hall–Kier alpha value is -4.25. The Morgan fingerprint density at radius 3 is 1.80 bits per heavy atom. The minimum Gasteiger partial charge on any atom is -0.743 e. The largest absolute Gasteiger partial charge is 0.743 e. The highest BCUT2D eigenvalue weighted by Gasteiger charge is 2.39. The third kappa shape index (κ3) is 6.57. The summed E-state index contributed by atoms with van der Waals surface area (Å²) in [5, 5.41) is -3.41. The second-order valence-corrected chi connectivity index (χ2v) is 12.4.